The van der Waals surface area contributed by atoms with Gasteiger partial charge in [-0.25, -0.2) is 0 Å². The molecule has 24 heavy (non-hydrogen) atoms. The first kappa shape index (κ1) is 16.5. The molecule has 0 saturated heterocycles. The largest absolute Gasteiger partial charge is 0.326 e. The summed E-state index contributed by atoms with van der Waals surface area (Å²) in [7, 11) is 0. The summed E-state index contributed by atoms with van der Waals surface area (Å²) in [5.74, 6) is -0.0196. The van der Waals surface area contributed by atoms with Gasteiger partial charge in [0.1, 0.15) is 0 Å². The van der Waals surface area contributed by atoms with Gasteiger partial charge in [-0.2, -0.15) is 0 Å². The van der Waals surface area contributed by atoms with Crippen LogP contribution >= 0.6 is 11.3 Å². The van der Waals surface area contributed by atoms with Crippen LogP contribution in [-0.4, -0.2) is 10.5 Å². The summed E-state index contributed by atoms with van der Waals surface area (Å²) >= 11 is 1.21. The number of benzene rings is 2. The van der Waals surface area contributed by atoms with Crippen molar-refractivity contribution in [1.29, 1.82) is 0 Å². The molecule has 4 nitrogen and oxygen atoms in total. The number of aryl methyl sites for hydroxylation is 1. The van der Waals surface area contributed by atoms with Crippen molar-refractivity contribution in [3.8, 4) is 0 Å². The van der Waals surface area contributed by atoms with Gasteiger partial charge < -0.3 is 5.32 Å². The SMILES string of the molecule is CC(C)n1c(=O)sc2cc(NC(=O)CCc3ccccc3)ccc21. The van der Waals surface area contributed by atoms with E-state index in [1.165, 1.54) is 11.3 Å². The molecule has 3 aromatic rings. The van der Waals surface area contributed by atoms with Crippen LogP contribution in [0.15, 0.2) is 53.3 Å². The molecule has 0 unspecified atom stereocenters. The van der Waals surface area contributed by atoms with Crippen molar-refractivity contribution in [2.75, 3.05) is 5.32 Å². The number of anilines is 1. The van der Waals surface area contributed by atoms with E-state index in [1.807, 2.05) is 62.4 Å². The predicted octanol–water partition coefficient (Wildman–Crippen LogP) is 4.22. The average molecular weight is 340 g/mol. The van der Waals surface area contributed by atoms with Gasteiger partial charge in [0.25, 0.3) is 0 Å². The van der Waals surface area contributed by atoms with E-state index in [1.54, 1.807) is 4.57 Å². The Balaban J connectivity index is 1.71. The fraction of sp³-hybridized carbons (Fsp3) is 0.263. The summed E-state index contributed by atoms with van der Waals surface area (Å²) in [6.45, 7) is 3.99. The smallest absolute Gasteiger partial charge is 0.308 e. The Kier molecular flexibility index (Phi) is 4.81. The third-order valence-electron chi connectivity index (χ3n) is 3.90. The highest BCUT2D eigenvalue weighted by Crippen LogP contribution is 2.24. The minimum atomic E-state index is -0.0196. The van der Waals surface area contributed by atoms with Crippen LogP contribution in [0.2, 0.25) is 0 Å². The van der Waals surface area contributed by atoms with Gasteiger partial charge in [0.2, 0.25) is 5.91 Å². The van der Waals surface area contributed by atoms with Gasteiger partial charge in [-0.3, -0.25) is 14.2 Å². The number of aromatic nitrogens is 1. The van der Waals surface area contributed by atoms with Crippen molar-refractivity contribution in [1.82, 2.24) is 4.57 Å². The molecule has 0 aliphatic carbocycles. The summed E-state index contributed by atoms with van der Waals surface area (Å²) in [5.41, 5.74) is 2.80. The van der Waals surface area contributed by atoms with Crippen LogP contribution in [0.5, 0.6) is 0 Å². The Morgan fingerprint density at radius 3 is 2.62 bits per heavy atom. The Morgan fingerprint density at radius 2 is 1.92 bits per heavy atom. The zero-order chi connectivity index (χ0) is 17.1. The first-order valence-electron chi connectivity index (χ1n) is 8.03. The molecule has 1 heterocycles. The minimum Gasteiger partial charge on any atom is -0.326 e. The van der Waals surface area contributed by atoms with Crippen LogP contribution in [0.3, 0.4) is 0 Å². The first-order chi connectivity index (χ1) is 11.5. The normalized spacial score (nSPS) is 11.1. The van der Waals surface area contributed by atoms with Crippen molar-refractivity contribution >= 4 is 33.1 Å². The zero-order valence-corrected chi connectivity index (χ0v) is 14.6. The fourth-order valence-corrected chi connectivity index (χ4v) is 3.78. The Labute approximate surface area is 144 Å². The lowest BCUT2D eigenvalue weighted by molar-refractivity contribution is -0.116. The monoisotopic (exact) mass is 340 g/mol. The number of nitrogens with zero attached hydrogens (tertiary/aromatic N) is 1. The molecular formula is C19H20N2O2S. The van der Waals surface area contributed by atoms with Crippen LogP contribution in [0.4, 0.5) is 5.69 Å². The number of hydrogen-bond acceptors (Lipinski definition) is 3. The van der Waals surface area contributed by atoms with Gasteiger partial charge in [-0.05, 0) is 44.0 Å². The maximum atomic E-state index is 12.1. The number of amides is 1. The molecule has 0 aliphatic heterocycles. The third kappa shape index (κ3) is 3.57. The molecule has 0 fully saturated rings. The summed E-state index contributed by atoms with van der Waals surface area (Å²) in [6.07, 6.45) is 1.15. The van der Waals surface area contributed by atoms with Crippen LogP contribution in [0.25, 0.3) is 10.2 Å². The van der Waals surface area contributed by atoms with Crippen molar-refractivity contribution in [3.63, 3.8) is 0 Å². The summed E-state index contributed by atoms with van der Waals surface area (Å²) in [4.78, 5) is 24.2. The second-order valence-electron chi connectivity index (χ2n) is 6.05. The van der Waals surface area contributed by atoms with Gasteiger partial charge in [-0.15, -0.1) is 0 Å². The van der Waals surface area contributed by atoms with E-state index in [-0.39, 0.29) is 16.8 Å². The van der Waals surface area contributed by atoms with E-state index < -0.39 is 0 Å². The van der Waals surface area contributed by atoms with E-state index in [0.717, 1.165) is 21.5 Å². The lowest BCUT2D eigenvalue weighted by atomic mass is 10.1. The highest BCUT2D eigenvalue weighted by Gasteiger charge is 2.11. The van der Waals surface area contributed by atoms with Crippen molar-refractivity contribution in [2.24, 2.45) is 0 Å². The van der Waals surface area contributed by atoms with Gasteiger partial charge >= 0.3 is 4.87 Å². The molecule has 0 bridgehead atoms. The molecule has 0 atom stereocenters. The fourth-order valence-electron chi connectivity index (χ4n) is 2.73. The molecule has 0 radical (unpaired) electrons. The molecule has 5 heteroatoms. The average Bonchev–Trinajstić information content (AvgIpc) is 2.89. The van der Waals surface area contributed by atoms with Gasteiger partial charge in [0.15, 0.2) is 0 Å². The van der Waals surface area contributed by atoms with Crippen LogP contribution in [-0.2, 0) is 11.2 Å². The van der Waals surface area contributed by atoms with Gasteiger partial charge in [0.05, 0.1) is 10.2 Å². The molecule has 1 amide bonds. The molecule has 0 aliphatic rings. The second-order valence-corrected chi connectivity index (χ2v) is 7.04. The Morgan fingerprint density at radius 1 is 1.17 bits per heavy atom. The van der Waals surface area contributed by atoms with Gasteiger partial charge in [0, 0.05) is 18.2 Å². The van der Waals surface area contributed by atoms with Crippen molar-refractivity contribution in [2.45, 2.75) is 32.7 Å². The predicted molar refractivity (Wildman–Crippen MR) is 99.9 cm³/mol. The topological polar surface area (TPSA) is 51.1 Å². The molecule has 124 valence electrons. The molecule has 0 saturated carbocycles. The van der Waals surface area contributed by atoms with Crippen molar-refractivity contribution < 1.29 is 4.79 Å². The van der Waals surface area contributed by atoms with Crippen molar-refractivity contribution in [3.05, 3.63) is 63.8 Å². The van der Waals surface area contributed by atoms with E-state index in [2.05, 4.69) is 5.32 Å². The summed E-state index contributed by atoms with van der Waals surface area (Å²) in [6, 6.07) is 15.7. The number of rotatable bonds is 5. The molecular weight excluding hydrogens is 320 g/mol. The Hall–Kier alpha value is -2.40. The van der Waals surface area contributed by atoms with E-state index in [0.29, 0.717) is 12.8 Å². The third-order valence-corrected chi connectivity index (χ3v) is 4.82. The zero-order valence-electron chi connectivity index (χ0n) is 13.8. The number of nitrogens with one attached hydrogen (secondary N) is 1. The molecule has 3 rings (SSSR count). The van der Waals surface area contributed by atoms with E-state index in [9.17, 15) is 9.59 Å². The highest BCUT2D eigenvalue weighted by molar-refractivity contribution is 7.16. The maximum Gasteiger partial charge on any atom is 0.308 e. The summed E-state index contributed by atoms with van der Waals surface area (Å²) in [5, 5.41) is 2.92. The molecule has 0 spiro atoms. The highest BCUT2D eigenvalue weighted by atomic mass is 32.1. The number of carbonyl (C=O) groups excluding carboxylic acids is 1. The number of carbonyl (C=O) groups is 1. The molecule has 1 N–H and O–H groups in total. The second kappa shape index (κ2) is 7.01. The van der Waals surface area contributed by atoms with Crippen LogP contribution in [0.1, 0.15) is 31.9 Å². The van der Waals surface area contributed by atoms with Crippen LogP contribution in [0, 0.1) is 0 Å². The Bertz CT molecular complexity index is 910. The number of hydrogen-bond donors (Lipinski definition) is 1. The first-order valence-corrected chi connectivity index (χ1v) is 8.85. The van der Waals surface area contributed by atoms with Gasteiger partial charge in [-0.1, -0.05) is 41.7 Å². The molecule has 2 aromatic carbocycles. The quantitative estimate of drug-likeness (QED) is 0.756. The minimum absolute atomic E-state index is 0.0196. The van der Waals surface area contributed by atoms with E-state index in [4.69, 9.17) is 0 Å². The lowest BCUT2D eigenvalue weighted by Gasteiger charge is -2.08. The maximum absolute atomic E-state index is 12.1. The summed E-state index contributed by atoms with van der Waals surface area (Å²) < 4.78 is 2.68. The lowest BCUT2D eigenvalue weighted by Crippen LogP contribution is -2.14. The van der Waals surface area contributed by atoms with Crippen LogP contribution < -0.4 is 10.2 Å². The number of thiazole rings is 1. The molecule has 1 aromatic heterocycles. The standard InChI is InChI=1S/C19H20N2O2S/c1-13(2)21-16-10-9-15(12-17(16)24-19(21)23)20-18(22)11-8-14-6-4-3-5-7-14/h3-7,9-10,12-13H,8,11H2,1-2H3,(H,20,22). The number of fused-ring (bicyclic) bond motifs is 1. The van der Waals surface area contributed by atoms with E-state index >= 15 is 0 Å².